The normalized spacial score (nSPS) is 11.8. The number of benzene rings is 2. The van der Waals surface area contributed by atoms with Gasteiger partial charge in [0.1, 0.15) is 0 Å². The van der Waals surface area contributed by atoms with E-state index in [2.05, 4.69) is 41.2 Å². The highest BCUT2D eigenvalue weighted by Crippen LogP contribution is 2.09. The highest BCUT2D eigenvalue weighted by atomic mass is 32.2. The summed E-state index contributed by atoms with van der Waals surface area (Å²) in [5, 5.41) is 3.41. The van der Waals surface area contributed by atoms with E-state index in [1.807, 2.05) is 38.1 Å². The number of hydrogen-bond donors (Lipinski definition) is 2. The van der Waals surface area contributed by atoms with Gasteiger partial charge in [0.2, 0.25) is 10.0 Å². The number of rotatable bonds is 8. The Morgan fingerprint density at radius 2 is 1.54 bits per heavy atom. The summed E-state index contributed by atoms with van der Waals surface area (Å²) in [4.78, 5) is 0. The van der Waals surface area contributed by atoms with Crippen LogP contribution < -0.4 is 10.0 Å². The van der Waals surface area contributed by atoms with Crippen molar-refractivity contribution in [1.29, 1.82) is 0 Å². The minimum atomic E-state index is -3.27. The molecule has 0 unspecified atom stereocenters. The summed E-state index contributed by atoms with van der Waals surface area (Å²) in [7, 11) is -3.27. The highest BCUT2D eigenvalue weighted by molar-refractivity contribution is 7.88. The zero-order valence-electron chi connectivity index (χ0n) is 14.5. The monoisotopic (exact) mass is 346 g/mol. The second-order valence-corrected chi connectivity index (χ2v) is 8.19. The maximum absolute atomic E-state index is 11.9. The van der Waals surface area contributed by atoms with Crippen molar-refractivity contribution < 1.29 is 8.42 Å². The average molecular weight is 346 g/mol. The van der Waals surface area contributed by atoms with Gasteiger partial charge in [-0.05, 0) is 37.5 Å². The van der Waals surface area contributed by atoms with Gasteiger partial charge in [0.25, 0.3) is 0 Å². The van der Waals surface area contributed by atoms with Crippen LogP contribution in [0.2, 0.25) is 0 Å². The van der Waals surface area contributed by atoms with E-state index in [0.29, 0.717) is 0 Å². The second-order valence-electron chi connectivity index (χ2n) is 6.44. The quantitative estimate of drug-likeness (QED) is 0.772. The summed E-state index contributed by atoms with van der Waals surface area (Å²) in [5.74, 6) is 0.0161. The van der Waals surface area contributed by atoms with E-state index in [-0.39, 0.29) is 11.8 Å². The summed E-state index contributed by atoms with van der Waals surface area (Å²) in [6, 6.07) is 16.1. The molecule has 2 aromatic rings. The Kier molecular flexibility index (Phi) is 6.54. The van der Waals surface area contributed by atoms with Gasteiger partial charge in [-0.15, -0.1) is 0 Å². The van der Waals surface area contributed by atoms with Gasteiger partial charge >= 0.3 is 0 Å². The largest absolute Gasteiger partial charge is 0.309 e. The summed E-state index contributed by atoms with van der Waals surface area (Å²) in [6.45, 7) is 7.30. The SMILES string of the molecule is Cc1cccc(CNCc2ccc(CS(=O)(=O)NC(C)C)cc2)c1. The zero-order valence-corrected chi connectivity index (χ0v) is 15.4. The Balaban J connectivity index is 1.86. The molecule has 0 aliphatic rings. The molecule has 2 N–H and O–H groups in total. The van der Waals surface area contributed by atoms with Crippen LogP contribution >= 0.6 is 0 Å². The lowest BCUT2D eigenvalue weighted by molar-refractivity contribution is 0.569. The Morgan fingerprint density at radius 3 is 2.17 bits per heavy atom. The first-order valence-electron chi connectivity index (χ1n) is 8.18. The predicted molar refractivity (Wildman–Crippen MR) is 99.1 cm³/mol. The molecule has 0 saturated carbocycles. The van der Waals surface area contributed by atoms with E-state index in [1.165, 1.54) is 11.1 Å². The van der Waals surface area contributed by atoms with Gasteiger partial charge in [-0.3, -0.25) is 0 Å². The predicted octanol–water partition coefficient (Wildman–Crippen LogP) is 3.11. The molecule has 24 heavy (non-hydrogen) atoms. The maximum atomic E-state index is 11.9. The molecule has 0 heterocycles. The molecule has 0 amide bonds. The lowest BCUT2D eigenvalue weighted by Gasteiger charge is -2.10. The molecule has 130 valence electrons. The fourth-order valence-corrected chi connectivity index (χ4v) is 3.98. The van der Waals surface area contributed by atoms with Crippen LogP contribution in [0.15, 0.2) is 48.5 Å². The zero-order chi connectivity index (χ0) is 17.6. The first-order chi connectivity index (χ1) is 11.3. The van der Waals surface area contributed by atoms with Crippen LogP contribution in [0.1, 0.15) is 36.1 Å². The minimum absolute atomic E-state index is 0.0161. The Hall–Kier alpha value is -1.69. The topological polar surface area (TPSA) is 58.2 Å². The van der Waals surface area contributed by atoms with E-state index in [1.54, 1.807) is 0 Å². The highest BCUT2D eigenvalue weighted by Gasteiger charge is 2.12. The van der Waals surface area contributed by atoms with Crippen molar-refractivity contribution in [2.24, 2.45) is 0 Å². The van der Waals surface area contributed by atoms with Crippen LogP contribution in [0.4, 0.5) is 0 Å². The van der Waals surface area contributed by atoms with Gasteiger partial charge in [0.05, 0.1) is 5.75 Å². The molecule has 0 fully saturated rings. The first kappa shape index (κ1) is 18.6. The number of hydrogen-bond acceptors (Lipinski definition) is 3. The molecule has 4 nitrogen and oxygen atoms in total. The van der Waals surface area contributed by atoms with Crippen LogP contribution in [-0.4, -0.2) is 14.5 Å². The fraction of sp³-hybridized carbons (Fsp3) is 0.368. The Morgan fingerprint density at radius 1 is 0.917 bits per heavy atom. The maximum Gasteiger partial charge on any atom is 0.216 e. The van der Waals surface area contributed by atoms with Crippen molar-refractivity contribution in [3.8, 4) is 0 Å². The van der Waals surface area contributed by atoms with Gasteiger partial charge in [-0.2, -0.15) is 0 Å². The fourth-order valence-electron chi connectivity index (χ4n) is 2.55. The van der Waals surface area contributed by atoms with Crippen molar-refractivity contribution in [2.45, 2.75) is 45.7 Å². The minimum Gasteiger partial charge on any atom is -0.309 e. The van der Waals surface area contributed by atoms with E-state index >= 15 is 0 Å². The molecule has 0 saturated heterocycles. The summed E-state index contributed by atoms with van der Waals surface area (Å²) < 4.78 is 26.5. The van der Waals surface area contributed by atoms with Crippen molar-refractivity contribution in [1.82, 2.24) is 10.0 Å². The Bertz CT molecular complexity index is 753. The van der Waals surface area contributed by atoms with Gasteiger partial charge in [-0.1, -0.05) is 54.1 Å². The molecular weight excluding hydrogens is 320 g/mol. The van der Waals surface area contributed by atoms with Crippen molar-refractivity contribution in [3.05, 3.63) is 70.8 Å². The summed E-state index contributed by atoms with van der Waals surface area (Å²) in [5.41, 5.74) is 4.46. The van der Waals surface area contributed by atoms with Crippen LogP contribution in [0.25, 0.3) is 0 Å². The van der Waals surface area contributed by atoms with Gasteiger partial charge in [0, 0.05) is 19.1 Å². The van der Waals surface area contributed by atoms with Crippen molar-refractivity contribution in [2.75, 3.05) is 0 Å². The number of aryl methyl sites for hydroxylation is 1. The molecule has 0 spiro atoms. The standard InChI is InChI=1S/C19H26N2O2S/c1-15(2)21-24(22,23)14-18-9-7-17(8-10-18)12-20-13-19-6-4-5-16(3)11-19/h4-11,15,20-21H,12-14H2,1-3H3. The van der Waals surface area contributed by atoms with Crippen molar-refractivity contribution >= 4 is 10.0 Å². The molecule has 2 rings (SSSR count). The van der Waals surface area contributed by atoms with Crippen LogP contribution in [-0.2, 0) is 28.9 Å². The lowest BCUT2D eigenvalue weighted by Crippen LogP contribution is -2.31. The van der Waals surface area contributed by atoms with E-state index < -0.39 is 10.0 Å². The lowest BCUT2D eigenvalue weighted by atomic mass is 10.1. The number of nitrogens with one attached hydrogen (secondary N) is 2. The van der Waals surface area contributed by atoms with Crippen molar-refractivity contribution in [3.63, 3.8) is 0 Å². The Labute approximate surface area is 145 Å². The van der Waals surface area contributed by atoms with Gasteiger partial charge < -0.3 is 5.32 Å². The van der Waals surface area contributed by atoms with E-state index in [0.717, 1.165) is 24.2 Å². The summed E-state index contributed by atoms with van der Waals surface area (Å²) >= 11 is 0. The first-order valence-corrected chi connectivity index (χ1v) is 9.83. The summed E-state index contributed by atoms with van der Waals surface area (Å²) in [6.07, 6.45) is 0. The third kappa shape index (κ3) is 6.43. The second kappa shape index (κ2) is 8.42. The molecule has 0 aliphatic heterocycles. The molecule has 5 heteroatoms. The number of sulfonamides is 1. The average Bonchev–Trinajstić information content (AvgIpc) is 2.47. The molecule has 0 atom stereocenters. The molecule has 0 radical (unpaired) electrons. The van der Waals surface area contributed by atoms with Crippen LogP contribution in [0.3, 0.4) is 0 Å². The smallest absolute Gasteiger partial charge is 0.216 e. The molecule has 0 bridgehead atoms. The van der Waals surface area contributed by atoms with E-state index in [4.69, 9.17) is 0 Å². The third-order valence-corrected chi connectivity index (χ3v) is 5.08. The van der Waals surface area contributed by atoms with E-state index in [9.17, 15) is 8.42 Å². The van der Waals surface area contributed by atoms with Gasteiger partial charge in [-0.25, -0.2) is 13.1 Å². The molecule has 0 aromatic heterocycles. The van der Waals surface area contributed by atoms with Crippen LogP contribution in [0.5, 0.6) is 0 Å². The molecular formula is C19H26N2O2S. The van der Waals surface area contributed by atoms with Crippen LogP contribution in [0, 0.1) is 6.92 Å². The molecule has 0 aliphatic carbocycles. The third-order valence-electron chi connectivity index (χ3n) is 3.54. The molecule has 2 aromatic carbocycles. The van der Waals surface area contributed by atoms with Gasteiger partial charge in [0.15, 0.2) is 0 Å².